The second kappa shape index (κ2) is 8.57. The maximum absolute atomic E-state index is 14.0. The second-order valence-corrected chi connectivity index (χ2v) is 10.3. The number of fused-ring (bicyclic) bond motifs is 4. The molecule has 0 radical (unpaired) electrons. The standard InChI is InChI=1S/C29H26ClN3O3/c1-17-14-20-25(21(30)15-17)31-28(36)29(20)24-23(22(32-29)16-19-10-6-3-7-11-19)26(34)33(27(24)35)13-12-18-8-4-2-5-9-18/h2-11,14-15,22-24,32H,12-13,16H2,1H3,(H,31,36)/t22?,23-,24+,29?/m1/s1. The van der Waals surface area contributed by atoms with Gasteiger partial charge in [-0.2, -0.15) is 0 Å². The predicted octanol–water partition coefficient (Wildman–Crippen LogP) is 3.85. The van der Waals surface area contributed by atoms with E-state index in [1.54, 1.807) is 6.07 Å². The quantitative estimate of drug-likeness (QED) is 0.523. The van der Waals surface area contributed by atoms with E-state index in [4.69, 9.17) is 11.6 Å². The van der Waals surface area contributed by atoms with Gasteiger partial charge in [0.05, 0.1) is 22.5 Å². The van der Waals surface area contributed by atoms with Crippen LogP contribution in [0, 0.1) is 18.8 Å². The molecule has 6 nitrogen and oxygen atoms in total. The number of nitrogens with one attached hydrogen (secondary N) is 2. The van der Waals surface area contributed by atoms with E-state index in [9.17, 15) is 14.4 Å². The van der Waals surface area contributed by atoms with Gasteiger partial charge < -0.3 is 5.32 Å². The SMILES string of the molecule is Cc1cc(Cl)c2c(c1)C1(NC(Cc3ccccc3)[C@H]3C(=O)N(CCc4ccccc4)C(=O)[C@H]31)C(=O)N2. The first-order chi connectivity index (χ1) is 17.4. The summed E-state index contributed by atoms with van der Waals surface area (Å²) in [6, 6.07) is 22.9. The van der Waals surface area contributed by atoms with Gasteiger partial charge in [0.2, 0.25) is 17.7 Å². The molecule has 0 saturated carbocycles. The van der Waals surface area contributed by atoms with Crippen LogP contribution >= 0.6 is 11.6 Å². The summed E-state index contributed by atoms with van der Waals surface area (Å²) in [6.45, 7) is 2.19. The van der Waals surface area contributed by atoms with E-state index in [1.807, 2.05) is 73.7 Å². The zero-order valence-corrected chi connectivity index (χ0v) is 20.6. The summed E-state index contributed by atoms with van der Waals surface area (Å²) in [5, 5.41) is 6.84. The molecule has 3 aliphatic heterocycles. The minimum Gasteiger partial charge on any atom is -0.323 e. The van der Waals surface area contributed by atoms with Crippen molar-refractivity contribution in [2.45, 2.75) is 31.3 Å². The summed E-state index contributed by atoms with van der Waals surface area (Å²) in [6.07, 6.45) is 1.09. The Balaban J connectivity index is 1.42. The fourth-order valence-electron chi connectivity index (χ4n) is 6.20. The van der Waals surface area contributed by atoms with Crippen LogP contribution in [0.3, 0.4) is 0 Å². The highest BCUT2D eigenvalue weighted by atomic mass is 35.5. The molecule has 3 amide bonds. The van der Waals surface area contributed by atoms with Crippen molar-refractivity contribution in [2.24, 2.45) is 11.8 Å². The third-order valence-electron chi connectivity index (χ3n) is 7.78. The minimum atomic E-state index is -1.34. The zero-order valence-electron chi connectivity index (χ0n) is 19.8. The van der Waals surface area contributed by atoms with Gasteiger partial charge in [0.1, 0.15) is 5.54 Å². The number of benzene rings is 3. The molecule has 2 saturated heterocycles. The first-order valence-corrected chi connectivity index (χ1v) is 12.6. The van der Waals surface area contributed by atoms with Crippen molar-refractivity contribution in [1.29, 1.82) is 0 Å². The molecule has 36 heavy (non-hydrogen) atoms. The molecule has 7 heteroatoms. The predicted molar refractivity (Wildman–Crippen MR) is 137 cm³/mol. The van der Waals surface area contributed by atoms with E-state index in [2.05, 4.69) is 10.6 Å². The third-order valence-corrected chi connectivity index (χ3v) is 8.07. The van der Waals surface area contributed by atoms with E-state index < -0.39 is 17.4 Å². The van der Waals surface area contributed by atoms with Crippen molar-refractivity contribution < 1.29 is 14.4 Å². The Kier molecular flexibility index (Phi) is 5.47. The molecular formula is C29H26ClN3O3. The Labute approximate surface area is 214 Å². The van der Waals surface area contributed by atoms with Gasteiger partial charge >= 0.3 is 0 Å². The van der Waals surface area contributed by atoms with Crippen LogP contribution in [0.5, 0.6) is 0 Å². The highest BCUT2D eigenvalue weighted by Crippen LogP contribution is 2.54. The largest absolute Gasteiger partial charge is 0.323 e. The third kappa shape index (κ3) is 3.39. The molecule has 2 N–H and O–H groups in total. The van der Waals surface area contributed by atoms with Crippen LogP contribution in [0.2, 0.25) is 5.02 Å². The van der Waals surface area contributed by atoms with Crippen LogP contribution in [-0.4, -0.2) is 35.2 Å². The second-order valence-electron chi connectivity index (χ2n) is 9.94. The average molecular weight is 500 g/mol. The Bertz CT molecular complexity index is 1380. The van der Waals surface area contributed by atoms with Gasteiger partial charge in [-0.15, -0.1) is 0 Å². The highest BCUT2D eigenvalue weighted by molar-refractivity contribution is 6.35. The molecule has 4 atom stereocenters. The van der Waals surface area contributed by atoms with Crippen molar-refractivity contribution in [3.63, 3.8) is 0 Å². The number of halogens is 1. The molecule has 2 fully saturated rings. The number of aryl methyl sites for hydroxylation is 1. The molecule has 3 aromatic rings. The Morgan fingerprint density at radius 3 is 2.28 bits per heavy atom. The highest BCUT2D eigenvalue weighted by Gasteiger charge is 2.70. The number of amides is 3. The molecule has 6 rings (SSSR count). The number of nitrogens with zero attached hydrogens (tertiary/aromatic N) is 1. The van der Waals surface area contributed by atoms with Gasteiger partial charge in [-0.1, -0.05) is 78.3 Å². The molecule has 0 bridgehead atoms. The lowest BCUT2D eigenvalue weighted by Crippen LogP contribution is -2.53. The van der Waals surface area contributed by atoms with Gasteiger partial charge in [-0.05, 0) is 42.5 Å². The number of carbonyl (C=O) groups excluding carboxylic acids is 3. The van der Waals surface area contributed by atoms with Crippen LogP contribution in [0.15, 0.2) is 72.8 Å². The van der Waals surface area contributed by atoms with E-state index in [0.29, 0.717) is 29.1 Å². The van der Waals surface area contributed by atoms with E-state index in [0.717, 1.165) is 16.7 Å². The summed E-state index contributed by atoms with van der Waals surface area (Å²) in [7, 11) is 0. The Morgan fingerprint density at radius 2 is 1.58 bits per heavy atom. The van der Waals surface area contributed by atoms with Crippen molar-refractivity contribution in [3.05, 3.63) is 100 Å². The monoisotopic (exact) mass is 499 g/mol. The molecule has 0 aliphatic carbocycles. The lowest BCUT2D eigenvalue weighted by Gasteiger charge is -2.30. The zero-order chi connectivity index (χ0) is 25.0. The summed E-state index contributed by atoms with van der Waals surface area (Å²) in [5.74, 6) is -2.34. The number of imide groups is 1. The van der Waals surface area contributed by atoms with Crippen molar-refractivity contribution in [3.8, 4) is 0 Å². The van der Waals surface area contributed by atoms with Crippen LogP contribution < -0.4 is 10.6 Å². The van der Waals surface area contributed by atoms with E-state index in [-0.39, 0.29) is 30.3 Å². The van der Waals surface area contributed by atoms with Crippen molar-refractivity contribution in [1.82, 2.24) is 10.2 Å². The maximum Gasteiger partial charge on any atom is 0.250 e. The number of anilines is 1. The van der Waals surface area contributed by atoms with Crippen molar-refractivity contribution >= 4 is 35.0 Å². The Hall–Kier alpha value is -3.48. The molecule has 3 heterocycles. The topological polar surface area (TPSA) is 78.5 Å². The molecule has 0 aromatic heterocycles. The van der Waals surface area contributed by atoms with Crippen LogP contribution in [0.1, 0.15) is 22.3 Å². The first kappa shape index (κ1) is 23.0. The van der Waals surface area contributed by atoms with E-state index in [1.165, 1.54) is 4.90 Å². The van der Waals surface area contributed by atoms with Gasteiger partial charge in [-0.3, -0.25) is 24.6 Å². The van der Waals surface area contributed by atoms with Crippen LogP contribution in [0.25, 0.3) is 0 Å². The number of likely N-dealkylation sites (tertiary alicyclic amines) is 1. The lowest BCUT2D eigenvalue weighted by molar-refractivity contribution is -0.142. The number of rotatable bonds is 5. The summed E-state index contributed by atoms with van der Waals surface area (Å²) in [4.78, 5) is 42.8. The molecule has 182 valence electrons. The van der Waals surface area contributed by atoms with Crippen LogP contribution in [-0.2, 0) is 32.8 Å². The van der Waals surface area contributed by atoms with E-state index >= 15 is 0 Å². The van der Waals surface area contributed by atoms with Gasteiger partial charge in [0, 0.05) is 18.2 Å². The number of hydrogen-bond acceptors (Lipinski definition) is 4. The van der Waals surface area contributed by atoms with Gasteiger partial charge in [0.15, 0.2) is 0 Å². The molecule has 1 spiro atoms. The normalized spacial score (nSPS) is 26.4. The molecular weight excluding hydrogens is 474 g/mol. The minimum absolute atomic E-state index is 0.216. The van der Waals surface area contributed by atoms with Crippen LogP contribution in [0.4, 0.5) is 5.69 Å². The number of hydrogen-bond donors (Lipinski definition) is 2. The summed E-state index contributed by atoms with van der Waals surface area (Å²) >= 11 is 6.52. The molecule has 3 aromatic carbocycles. The fraction of sp³-hybridized carbons (Fsp3) is 0.276. The lowest BCUT2D eigenvalue weighted by atomic mass is 9.76. The smallest absolute Gasteiger partial charge is 0.250 e. The number of carbonyl (C=O) groups is 3. The van der Waals surface area contributed by atoms with Crippen molar-refractivity contribution in [2.75, 3.05) is 11.9 Å². The first-order valence-electron chi connectivity index (χ1n) is 12.2. The Morgan fingerprint density at radius 1 is 0.917 bits per heavy atom. The molecule has 3 aliphatic rings. The molecule has 2 unspecified atom stereocenters. The summed E-state index contributed by atoms with van der Waals surface area (Å²) < 4.78 is 0. The maximum atomic E-state index is 14.0. The fourth-order valence-corrected chi connectivity index (χ4v) is 6.52. The van der Waals surface area contributed by atoms with Gasteiger partial charge in [-0.25, -0.2) is 0 Å². The summed E-state index contributed by atoms with van der Waals surface area (Å²) in [5.41, 5.74) is 2.79. The van der Waals surface area contributed by atoms with Gasteiger partial charge in [0.25, 0.3) is 0 Å². The average Bonchev–Trinajstić information content (AvgIpc) is 3.44.